The van der Waals surface area contributed by atoms with Crippen LogP contribution in [0.1, 0.15) is 39.2 Å². The first kappa shape index (κ1) is 21.5. The summed E-state index contributed by atoms with van der Waals surface area (Å²) in [6.07, 6.45) is 1.53. The second-order valence-electron chi connectivity index (χ2n) is 6.52. The van der Waals surface area contributed by atoms with Gasteiger partial charge in [-0.05, 0) is 17.7 Å². The van der Waals surface area contributed by atoms with Crippen LogP contribution in [0.3, 0.4) is 0 Å². The molecule has 2 rings (SSSR count). The molecule has 0 fully saturated rings. The van der Waals surface area contributed by atoms with E-state index in [1.807, 2.05) is 57.2 Å². The summed E-state index contributed by atoms with van der Waals surface area (Å²) in [5.41, 5.74) is 0.293. The predicted octanol–water partition coefficient (Wildman–Crippen LogP) is 5.12. The van der Waals surface area contributed by atoms with Gasteiger partial charge in [-0.2, -0.15) is 0 Å². The Morgan fingerprint density at radius 2 is 1.76 bits per heavy atom. The predicted molar refractivity (Wildman–Crippen MR) is 91.5 cm³/mol. The zero-order valence-electron chi connectivity index (χ0n) is 14.8. The molecule has 2 aromatic carbocycles. The van der Waals surface area contributed by atoms with E-state index in [0.29, 0.717) is 6.42 Å². The number of nitrogens with zero attached hydrogens (tertiary/aromatic N) is 1. The van der Waals surface area contributed by atoms with E-state index in [1.54, 1.807) is 0 Å². The van der Waals surface area contributed by atoms with Crippen LogP contribution in [-0.4, -0.2) is 5.91 Å². The fourth-order valence-corrected chi connectivity index (χ4v) is 2.77. The van der Waals surface area contributed by atoms with Crippen molar-refractivity contribution >= 4 is 11.6 Å². The van der Waals surface area contributed by atoms with Crippen molar-refractivity contribution in [3.63, 3.8) is 0 Å². The number of halogens is 2. The molecule has 0 N–H and O–H groups in total. The molecule has 0 radical (unpaired) electrons. The monoisotopic (exact) mass is 378 g/mol. The number of rotatable bonds is 6. The van der Waals surface area contributed by atoms with Gasteiger partial charge in [-0.1, -0.05) is 57.5 Å². The van der Waals surface area contributed by atoms with Gasteiger partial charge in [0.05, 0.1) is 0 Å². The molecule has 132 valence electrons. The molecule has 0 aliphatic carbocycles. The minimum Gasteiger partial charge on any atom is -0.359 e. The van der Waals surface area contributed by atoms with Crippen LogP contribution in [0.5, 0.6) is 0 Å². The molecule has 0 saturated heterocycles. The number of carbonyl (C=O) groups is 1. The topological polar surface area (TPSA) is 20.3 Å². The average molecular weight is 378 g/mol. The van der Waals surface area contributed by atoms with Gasteiger partial charge in [0.15, 0.2) is 0 Å². The molecule has 0 atom stereocenters. The summed E-state index contributed by atoms with van der Waals surface area (Å²) in [5, 5.41) is 0. The van der Waals surface area contributed by atoms with Crippen LogP contribution in [0.15, 0.2) is 42.5 Å². The molecule has 0 saturated carbocycles. The molecule has 0 spiro atoms. The van der Waals surface area contributed by atoms with Gasteiger partial charge in [0.25, 0.3) is 0 Å². The van der Waals surface area contributed by atoms with Crippen LogP contribution < -0.4 is 4.90 Å². The normalized spacial score (nSPS) is 10.9. The van der Waals surface area contributed by atoms with Crippen molar-refractivity contribution in [3.05, 3.63) is 65.7 Å². The Morgan fingerprint density at radius 3 is 2.32 bits per heavy atom. The number of carbonyl (C=O) groups excluding carboxylic acids is 1. The van der Waals surface area contributed by atoms with Gasteiger partial charge in [-0.15, -0.1) is 18.2 Å². The van der Waals surface area contributed by atoms with Crippen molar-refractivity contribution in [1.29, 1.82) is 0 Å². The van der Waals surface area contributed by atoms with Gasteiger partial charge in [0, 0.05) is 45.3 Å². The summed E-state index contributed by atoms with van der Waals surface area (Å²) in [6, 6.07) is 13.8. The van der Waals surface area contributed by atoms with Crippen molar-refractivity contribution in [2.75, 3.05) is 4.90 Å². The van der Waals surface area contributed by atoms with E-state index in [0.717, 1.165) is 18.1 Å². The van der Waals surface area contributed by atoms with Gasteiger partial charge in [-0.25, -0.2) is 8.78 Å². The van der Waals surface area contributed by atoms with Crippen molar-refractivity contribution in [1.82, 2.24) is 0 Å². The van der Waals surface area contributed by atoms with Crippen molar-refractivity contribution in [2.45, 2.75) is 40.2 Å². The van der Waals surface area contributed by atoms with Crippen molar-refractivity contribution in [3.8, 4) is 0 Å². The zero-order chi connectivity index (χ0) is 17.7. The number of anilines is 1. The first-order valence-corrected chi connectivity index (χ1v) is 8.08. The van der Waals surface area contributed by atoms with E-state index < -0.39 is 17.0 Å². The van der Waals surface area contributed by atoms with Crippen LogP contribution in [0.4, 0.5) is 14.5 Å². The van der Waals surface area contributed by atoms with Crippen molar-refractivity contribution < 1.29 is 35.3 Å². The smallest absolute Gasteiger partial charge is 0.222 e. The molecule has 2 nitrogen and oxygen atoms in total. The number of hydrogen-bond acceptors (Lipinski definition) is 1. The number of benzene rings is 2. The zero-order valence-corrected chi connectivity index (χ0v) is 16.3. The maximum atomic E-state index is 14.2. The average Bonchev–Trinajstić information content (AvgIpc) is 2.53. The Hall–Kier alpha value is -1.52. The van der Waals surface area contributed by atoms with E-state index >= 15 is 0 Å². The summed E-state index contributed by atoms with van der Waals surface area (Å²) in [4.78, 5) is 14.4. The van der Waals surface area contributed by atoms with E-state index in [4.69, 9.17) is 0 Å². The SMILES string of the molecule is CCCC(C)(C)C(=O)N(Cc1ccccc1)c1ccc(F)[c-]c1F.[Ti]. The Labute approximate surface area is 163 Å². The Bertz CT molecular complexity index is 704. The van der Waals surface area contributed by atoms with Crippen LogP contribution >= 0.6 is 0 Å². The minimum atomic E-state index is -0.855. The molecule has 0 aliphatic heterocycles. The second kappa shape index (κ2) is 9.26. The second-order valence-corrected chi connectivity index (χ2v) is 6.52. The van der Waals surface area contributed by atoms with E-state index in [9.17, 15) is 13.6 Å². The molecule has 0 heterocycles. The van der Waals surface area contributed by atoms with E-state index in [1.165, 1.54) is 11.0 Å². The van der Waals surface area contributed by atoms with Gasteiger partial charge in [0.1, 0.15) is 0 Å². The fourth-order valence-electron chi connectivity index (χ4n) is 2.77. The van der Waals surface area contributed by atoms with Crippen LogP contribution in [0.2, 0.25) is 0 Å². The Morgan fingerprint density at radius 1 is 1.12 bits per heavy atom. The van der Waals surface area contributed by atoms with Gasteiger partial charge in [-0.3, -0.25) is 4.79 Å². The molecule has 0 aromatic heterocycles. The third kappa shape index (κ3) is 5.48. The standard InChI is InChI=1S/C20H22F2NO.Ti/c1-4-12-20(2,3)19(24)23(14-15-8-6-5-7-9-15)18-11-10-16(21)13-17(18)22;/h5-11H,4,12,14H2,1-3H3;/q-1;. The summed E-state index contributed by atoms with van der Waals surface area (Å²) < 4.78 is 27.4. The Balaban J connectivity index is 0.00000312. The first-order valence-electron chi connectivity index (χ1n) is 8.08. The number of hydrogen-bond donors (Lipinski definition) is 0. The van der Waals surface area contributed by atoms with E-state index in [2.05, 4.69) is 0 Å². The molecule has 0 aliphatic rings. The minimum absolute atomic E-state index is 0. The number of amides is 1. The first-order chi connectivity index (χ1) is 11.3. The summed E-state index contributed by atoms with van der Waals surface area (Å²) >= 11 is 0. The van der Waals surface area contributed by atoms with Crippen LogP contribution in [-0.2, 0) is 33.1 Å². The molecule has 1 amide bonds. The van der Waals surface area contributed by atoms with Crippen LogP contribution in [0.25, 0.3) is 0 Å². The van der Waals surface area contributed by atoms with Gasteiger partial charge >= 0.3 is 0 Å². The molecule has 0 unspecified atom stereocenters. The third-order valence-electron chi connectivity index (χ3n) is 4.01. The third-order valence-corrected chi connectivity index (χ3v) is 4.01. The van der Waals surface area contributed by atoms with E-state index in [-0.39, 0.29) is 39.9 Å². The molecular formula is C20H22F2NOTi-. The molecule has 2 aromatic rings. The van der Waals surface area contributed by atoms with Gasteiger partial charge < -0.3 is 4.90 Å². The van der Waals surface area contributed by atoms with Gasteiger partial charge in [0.2, 0.25) is 5.91 Å². The largest absolute Gasteiger partial charge is 0.359 e. The molecule has 5 heteroatoms. The maximum Gasteiger partial charge on any atom is 0.222 e. The summed E-state index contributed by atoms with van der Waals surface area (Å²) in [7, 11) is 0. The molecular weight excluding hydrogens is 356 g/mol. The van der Waals surface area contributed by atoms with Crippen molar-refractivity contribution in [2.24, 2.45) is 5.41 Å². The summed E-state index contributed by atoms with van der Waals surface area (Å²) in [5.74, 6) is -1.82. The Kier molecular flexibility index (Phi) is 7.97. The molecule has 25 heavy (non-hydrogen) atoms. The summed E-state index contributed by atoms with van der Waals surface area (Å²) in [6.45, 7) is 5.93. The fraction of sp³-hybridized carbons (Fsp3) is 0.350. The molecule has 0 bridgehead atoms. The maximum absolute atomic E-state index is 14.2. The van der Waals surface area contributed by atoms with Crippen LogP contribution in [0, 0.1) is 23.1 Å². The quantitative estimate of drug-likeness (QED) is 0.505.